The number of aromatic nitrogens is 5. The molecule has 0 saturated carbocycles. The first-order valence-electron chi connectivity index (χ1n) is 9.25. The van der Waals surface area contributed by atoms with E-state index in [-0.39, 0.29) is 0 Å². The first-order chi connectivity index (χ1) is 12.8. The molecule has 27 heavy (non-hydrogen) atoms. The number of imidazole rings is 2. The van der Waals surface area contributed by atoms with Gasteiger partial charge in [-0.1, -0.05) is 26.2 Å². The molecular formula is C18H26N6O3. The quantitative estimate of drug-likeness (QED) is 0.618. The molecule has 0 atom stereocenters. The second kappa shape index (κ2) is 7.05. The molecular weight excluding hydrogens is 348 g/mol. The number of nitrogens with two attached hydrogens (primary N) is 1. The van der Waals surface area contributed by atoms with Gasteiger partial charge in [-0.05, 0) is 20.3 Å². The smallest absolute Gasteiger partial charge is 0.332 e. The Morgan fingerprint density at radius 2 is 1.78 bits per heavy atom. The number of primary amides is 1. The van der Waals surface area contributed by atoms with Crippen molar-refractivity contribution in [2.24, 2.45) is 12.8 Å². The normalized spacial score (nSPS) is 11.7. The maximum absolute atomic E-state index is 13.0. The minimum Gasteiger partial charge on any atom is -0.368 e. The van der Waals surface area contributed by atoms with E-state index >= 15 is 0 Å². The predicted molar refractivity (Wildman–Crippen MR) is 103 cm³/mol. The van der Waals surface area contributed by atoms with E-state index in [4.69, 9.17) is 5.73 Å². The largest absolute Gasteiger partial charge is 0.368 e. The molecule has 0 unspecified atom stereocenters. The minimum atomic E-state index is -0.740. The van der Waals surface area contributed by atoms with Gasteiger partial charge < -0.3 is 10.3 Å². The number of carbonyl (C=O) groups is 1. The first kappa shape index (κ1) is 18.9. The molecule has 0 radical (unpaired) electrons. The zero-order valence-corrected chi connectivity index (χ0v) is 16.3. The van der Waals surface area contributed by atoms with Gasteiger partial charge in [-0.2, -0.15) is 4.98 Å². The van der Waals surface area contributed by atoms with Crippen LogP contribution in [0.1, 0.15) is 44.0 Å². The molecule has 3 aromatic heterocycles. The van der Waals surface area contributed by atoms with Gasteiger partial charge in [-0.3, -0.25) is 18.6 Å². The molecule has 0 aliphatic heterocycles. The number of aryl methyl sites for hydroxylation is 3. The number of hydrogen-bond acceptors (Lipinski definition) is 4. The lowest BCUT2D eigenvalue weighted by Crippen LogP contribution is -2.42. The number of rotatable bonds is 7. The topological polar surface area (TPSA) is 109 Å². The van der Waals surface area contributed by atoms with Crippen molar-refractivity contribution in [3.05, 3.63) is 32.2 Å². The van der Waals surface area contributed by atoms with Crippen LogP contribution in [0.5, 0.6) is 0 Å². The molecule has 0 aliphatic rings. The lowest BCUT2D eigenvalue weighted by atomic mass is 10.2. The predicted octanol–water partition coefficient (Wildman–Crippen LogP) is 0.832. The Kier molecular flexibility index (Phi) is 4.95. The molecule has 2 N–H and O–H groups in total. The van der Waals surface area contributed by atoms with Crippen LogP contribution in [-0.4, -0.2) is 29.0 Å². The van der Waals surface area contributed by atoms with Gasteiger partial charge in [0.15, 0.2) is 11.2 Å². The number of hydrogen-bond donors (Lipinski definition) is 1. The summed E-state index contributed by atoms with van der Waals surface area (Å²) in [5, 5.41) is 0. The second-order valence-corrected chi connectivity index (χ2v) is 7.00. The molecule has 0 fully saturated rings. The molecule has 3 rings (SSSR count). The number of unbranched alkanes of at least 4 members (excludes halogenated alkanes) is 3. The van der Waals surface area contributed by atoms with Gasteiger partial charge in [-0.25, -0.2) is 9.36 Å². The fraction of sp³-hybridized carbons (Fsp3) is 0.556. The van der Waals surface area contributed by atoms with Crippen molar-refractivity contribution in [2.45, 2.75) is 59.5 Å². The van der Waals surface area contributed by atoms with E-state index in [0.717, 1.165) is 41.8 Å². The van der Waals surface area contributed by atoms with Gasteiger partial charge in [0.25, 0.3) is 5.56 Å². The SMILES string of the molecule is CCCCCCn1c(C)c(C)n2c3c(=O)n(CC(N)=O)c(=O)n(C)c3nc12. The van der Waals surface area contributed by atoms with Crippen LogP contribution in [0.2, 0.25) is 0 Å². The van der Waals surface area contributed by atoms with Crippen molar-refractivity contribution in [2.75, 3.05) is 0 Å². The molecule has 0 aliphatic carbocycles. The summed E-state index contributed by atoms with van der Waals surface area (Å²) in [4.78, 5) is 41.3. The highest BCUT2D eigenvalue weighted by atomic mass is 16.2. The van der Waals surface area contributed by atoms with Crippen LogP contribution in [-0.2, 0) is 24.9 Å². The van der Waals surface area contributed by atoms with Crippen LogP contribution in [0.15, 0.2) is 9.59 Å². The van der Waals surface area contributed by atoms with Crippen LogP contribution >= 0.6 is 0 Å². The second-order valence-electron chi connectivity index (χ2n) is 7.00. The van der Waals surface area contributed by atoms with Gasteiger partial charge in [0.1, 0.15) is 6.54 Å². The Hall–Kier alpha value is -2.84. The van der Waals surface area contributed by atoms with Crippen LogP contribution in [0, 0.1) is 13.8 Å². The summed E-state index contributed by atoms with van der Waals surface area (Å²) >= 11 is 0. The van der Waals surface area contributed by atoms with Gasteiger partial charge in [0, 0.05) is 25.0 Å². The summed E-state index contributed by atoms with van der Waals surface area (Å²) in [6.45, 7) is 6.44. The first-order valence-corrected chi connectivity index (χ1v) is 9.25. The molecule has 0 bridgehead atoms. The summed E-state index contributed by atoms with van der Waals surface area (Å²) in [5.41, 5.74) is 6.59. The Bertz CT molecular complexity index is 1140. The fourth-order valence-corrected chi connectivity index (χ4v) is 3.57. The third kappa shape index (κ3) is 2.96. The number of carbonyl (C=O) groups excluding carboxylic acids is 1. The zero-order chi connectivity index (χ0) is 19.9. The summed E-state index contributed by atoms with van der Waals surface area (Å²) in [6.07, 6.45) is 4.49. The summed E-state index contributed by atoms with van der Waals surface area (Å²) in [6, 6.07) is 0. The summed E-state index contributed by atoms with van der Waals surface area (Å²) in [7, 11) is 1.54. The Labute approximate surface area is 156 Å². The van der Waals surface area contributed by atoms with Gasteiger partial charge in [0.05, 0.1) is 0 Å². The average Bonchev–Trinajstić information content (AvgIpc) is 3.11. The molecule has 9 heteroatoms. The fourth-order valence-electron chi connectivity index (χ4n) is 3.57. The van der Waals surface area contributed by atoms with Crippen molar-refractivity contribution in [1.29, 1.82) is 0 Å². The molecule has 0 spiro atoms. The molecule has 3 aromatic rings. The molecule has 0 aromatic carbocycles. The molecule has 0 saturated heterocycles. The van der Waals surface area contributed by atoms with Crippen LogP contribution in [0.3, 0.4) is 0 Å². The maximum atomic E-state index is 13.0. The van der Waals surface area contributed by atoms with Crippen molar-refractivity contribution < 1.29 is 4.79 Å². The standard InChI is InChI=1S/C18H26N6O3/c1-5-6-7-8-9-22-11(2)12(3)24-14-15(20-17(22)24)21(4)18(27)23(16(14)26)10-13(19)25/h5-10H2,1-4H3,(H2,19,25). The van der Waals surface area contributed by atoms with Crippen LogP contribution < -0.4 is 17.0 Å². The van der Waals surface area contributed by atoms with Crippen molar-refractivity contribution in [1.82, 2.24) is 23.1 Å². The van der Waals surface area contributed by atoms with Crippen LogP contribution in [0.4, 0.5) is 0 Å². The van der Waals surface area contributed by atoms with E-state index < -0.39 is 23.7 Å². The highest BCUT2D eigenvalue weighted by Gasteiger charge is 2.22. The lowest BCUT2D eigenvalue weighted by Gasteiger charge is -2.07. The third-order valence-corrected chi connectivity index (χ3v) is 5.18. The lowest BCUT2D eigenvalue weighted by molar-refractivity contribution is -0.118. The molecule has 9 nitrogen and oxygen atoms in total. The van der Waals surface area contributed by atoms with Crippen molar-refractivity contribution in [3.8, 4) is 0 Å². The van der Waals surface area contributed by atoms with E-state index in [9.17, 15) is 14.4 Å². The number of amides is 1. The highest BCUT2D eigenvalue weighted by molar-refractivity contribution is 5.77. The van der Waals surface area contributed by atoms with Crippen molar-refractivity contribution >= 4 is 22.8 Å². The van der Waals surface area contributed by atoms with Crippen molar-refractivity contribution in [3.63, 3.8) is 0 Å². The summed E-state index contributed by atoms with van der Waals surface area (Å²) < 4.78 is 6.03. The third-order valence-electron chi connectivity index (χ3n) is 5.18. The maximum Gasteiger partial charge on any atom is 0.332 e. The van der Waals surface area contributed by atoms with Crippen LogP contribution in [0.25, 0.3) is 16.9 Å². The number of fused-ring (bicyclic) bond motifs is 3. The van der Waals surface area contributed by atoms with Gasteiger partial charge in [-0.15, -0.1) is 0 Å². The Morgan fingerprint density at radius 3 is 2.41 bits per heavy atom. The number of nitrogens with zero attached hydrogens (tertiary/aromatic N) is 5. The van der Waals surface area contributed by atoms with E-state index in [1.807, 2.05) is 13.8 Å². The molecule has 3 heterocycles. The zero-order valence-electron chi connectivity index (χ0n) is 16.3. The van der Waals surface area contributed by atoms with E-state index in [0.29, 0.717) is 16.9 Å². The molecule has 1 amide bonds. The molecule has 146 valence electrons. The summed E-state index contributed by atoms with van der Waals surface area (Å²) in [5.74, 6) is -0.101. The van der Waals surface area contributed by atoms with E-state index in [1.165, 1.54) is 11.0 Å². The Morgan fingerprint density at radius 1 is 1.07 bits per heavy atom. The highest BCUT2D eigenvalue weighted by Crippen LogP contribution is 2.21. The van der Waals surface area contributed by atoms with Gasteiger partial charge >= 0.3 is 5.69 Å². The average molecular weight is 374 g/mol. The monoisotopic (exact) mass is 374 g/mol. The van der Waals surface area contributed by atoms with E-state index in [1.54, 1.807) is 11.4 Å². The van der Waals surface area contributed by atoms with E-state index in [2.05, 4.69) is 16.5 Å². The Balaban J connectivity index is 2.28. The minimum absolute atomic E-state index is 0.293. The van der Waals surface area contributed by atoms with Gasteiger partial charge in [0.2, 0.25) is 11.7 Å².